The lowest BCUT2D eigenvalue weighted by molar-refractivity contribution is -0.167. The zero-order valence-electron chi connectivity index (χ0n) is 33.6. The lowest BCUT2D eigenvalue weighted by Gasteiger charge is -2.18. The Bertz CT molecular complexity index is 876. The van der Waals surface area contributed by atoms with Crippen LogP contribution in [0.1, 0.15) is 213 Å². The molecule has 0 aromatic rings. The Morgan fingerprint density at radius 1 is 0.392 bits per heavy atom. The van der Waals surface area contributed by atoms with Crippen molar-refractivity contribution in [1.82, 2.24) is 0 Å². The van der Waals surface area contributed by atoms with Gasteiger partial charge in [-0.15, -0.1) is 0 Å². The summed E-state index contributed by atoms with van der Waals surface area (Å²) in [4.78, 5) is 37.5. The van der Waals surface area contributed by atoms with Crippen molar-refractivity contribution >= 4 is 17.9 Å². The van der Waals surface area contributed by atoms with Crippen LogP contribution in [0.5, 0.6) is 0 Å². The van der Waals surface area contributed by atoms with Gasteiger partial charge in [0.25, 0.3) is 0 Å². The minimum Gasteiger partial charge on any atom is -0.462 e. The molecule has 0 aliphatic rings. The number of ether oxygens (including phenoxy) is 3. The molecule has 0 N–H and O–H groups in total. The molecule has 6 heteroatoms. The lowest BCUT2D eigenvalue weighted by atomic mass is 10.1. The standard InChI is InChI=1S/C45H80O6/c1-4-7-10-13-16-19-21-22-23-24-25-27-29-32-35-38-44(47)50-41-42(40-49-43(46)37-34-31-28-18-15-12-9-6-3)51-45(48)39-36-33-30-26-20-17-14-11-8-5-2/h11,14,16,19,22-23,42H,4-10,12-13,15,17-18,20-21,24-41H2,1-3H3/b14-11-,19-16-,23-22-. The van der Waals surface area contributed by atoms with E-state index in [1.165, 1.54) is 77.0 Å². The Hall–Kier alpha value is -2.37. The summed E-state index contributed by atoms with van der Waals surface area (Å²) >= 11 is 0. The highest BCUT2D eigenvalue weighted by Gasteiger charge is 2.19. The van der Waals surface area contributed by atoms with E-state index in [4.69, 9.17) is 14.2 Å². The first-order chi connectivity index (χ1) is 25.0. The van der Waals surface area contributed by atoms with Gasteiger partial charge >= 0.3 is 17.9 Å². The minimum atomic E-state index is -0.775. The van der Waals surface area contributed by atoms with Gasteiger partial charge in [-0.2, -0.15) is 0 Å². The third-order valence-corrected chi connectivity index (χ3v) is 9.10. The number of esters is 3. The molecule has 0 saturated heterocycles. The number of rotatable bonds is 38. The van der Waals surface area contributed by atoms with E-state index in [1.807, 2.05) is 0 Å². The van der Waals surface area contributed by atoms with Gasteiger partial charge < -0.3 is 14.2 Å². The van der Waals surface area contributed by atoms with Crippen LogP contribution in [0.4, 0.5) is 0 Å². The van der Waals surface area contributed by atoms with Crippen LogP contribution in [0.15, 0.2) is 36.5 Å². The Morgan fingerprint density at radius 2 is 0.745 bits per heavy atom. The van der Waals surface area contributed by atoms with E-state index in [0.717, 1.165) is 96.3 Å². The normalized spacial score (nSPS) is 12.3. The molecule has 0 heterocycles. The topological polar surface area (TPSA) is 78.9 Å². The van der Waals surface area contributed by atoms with Crippen molar-refractivity contribution in [3.63, 3.8) is 0 Å². The van der Waals surface area contributed by atoms with E-state index >= 15 is 0 Å². The van der Waals surface area contributed by atoms with Crippen LogP contribution < -0.4 is 0 Å². The summed E-state index contributed by atoms with van der Waals surface area (Å²) in [6, 6.07) is 0. The summed E-state index contributed by atoms with van der Waals surface area (Å²) in [7, 11) is 0. The molecule has 0 bridgehead atoms. The fourth-order valence-corrected chi connectivity index (χ4v) is 5.83. The largest absolute Gasteiger partial charge is 0.462 e. The smallest absolute Gasteiger partial charge is 0.306 e. The molecular weight excluding hydrogens is 636 g/mol. The second-order valence-corrected chi connectivity index (χ2v) is 14.3. The number of carbonyl (C=O) groups excluding carboxylic acids is 3. The Balaban J connectivity index is 4.35. The number of allylic oxidation sites excluding steroid dienone is 6. The third kappa shape index (κ3) is 38.7. The average molecular weight is 717 g/mol. The lowest BCUT2D eigenvalue weighted by Crippen LogP contribution is -2.30. The fourth-order valence-electron chi connectivity index (χ4n) is 5.83. The number of carbonyl (C=O) groups is 3. The molecule has 0 aromatic carbocycles. The number of hydrogen-bond donors (Lipinski definition) is 0. The fraction of sp³-hybridized carbons (Fsp3) is 0.800. The molecule has 0 radical (unpaired) electrons. The molecule has 0 rings (SSSR count). The SMILES string of the molecule is CCC/C=C\CCCCCCCC(=O)OC(COC(=O)CCCCCCC/C=C\C/C=C\CCCCC)COC(=O)CCCCCCCCCC. The molecule has 51 heavy (non-hydrogen) atoms. The van der Waals surface area contributed by atoms with Gasteiger partial charge in [-0.1, -0.05) is 160 Å². The van der Waals surface area contributed by atoms with E-state index in [1.54, 1.807) is 0 Å². The molecule has 1 unspecified atom stereocenters. The summed E-state index contributed by atoms with van der Waals surface area (Å²) in [6.07, 6.45) is 44.2. The maximum absolute atomic E-state index is 12.6. The highest BCUT2D eigenvalue weighted by Crippen LogP contribution is 2.13. The molecule has 0 spiro atoms. The molecule has 0 saturated carbocycles. The molecule has 296 valence electrons. The van der Waals surface area contributed by atoms with Gasteiger partial charge in [0.2, 0.25) is 0 Å². The molecule has 0 aliphatic heterocycles. The molecule has 0 amide bonds. The first kappa shape index (κ1) is 48.6. The zero-order valence-corrected chi connectivity index (χ0v) is 33.6. The summed E-state index contributed by atoms with van der Waals surface area (Å²) in [5.41, 5.74) is 0. The van der Waals surface area contributed by atoms with Gasteiger partial charge in [-0.25, -0.2) is 0 Å². The molecular formula is C45H80O6. The average Bonchev–Trinajstić information content (AvgIpc) is 3.12. The van der Waals surface area contributed by atoms with Gasteiger partial charge in [0, 0.05) is 19.3 Å². The molecule has 0 fully saturated rings. The predicted octanol–water partition coefficient (Wildman–Crippen LogP) is 13.4. The molecule has 0 aliphatic carbocycles. The van der Waals surface area contributed by atoms with Crippen molar-refractivity contribution in [3.05, 3.63) is 36.5 Å². The number of hydrogen-bond acceptors (Lipinski definition) is 6. The van der Waals surface area contributed by atoms with Crippen LogP contribution in [0, 0.1) is 0 Å². The van der Waals surface area contributed by atoms with Gasteiger partial charge in [0.15, 0.2) is 6.10 Å². The van der Waals surface area contributed by atoms with Gasteiger partial charge in [-0.3, -0.25) is 14.4 Å². The monoisotopic (exact) mass is 717 g/mol. The van der Waals surface area contributed by atoms with Crippen molar-refractivity contribution in [2.75, 3.05) is 13.2 Å². The van der Waals surface area contributed by atoms with Gasteiger partial charge in [-0.05, 0) is 70.6 Å². The van der Waals surface area contributed by atoms with Crippen LogP contribution in [-0.2, 0) is 28.6 Å². The summed E-state index contributed by atoms with van der Waals surface area (Å²) in [6.45, 7) is 6.48. The maximum Gasteiger partial charge on any atom is 0.306 e. The highest BCUT2D eigenvalue weighted by atomic mass is 16.6. The van der Waals surface area contributed by atoms with E-state index in [0.29, 0.717) is 19.3 Å². The van der Waals surface area contributed by atoms with Gasteiger partial charge in [0.1, 0.15) is 13.2 Å². The van der Waals surface area contributed by atoms with Crippen LogP contribution in [0.25, 0.3) is 0 Å². The van der Waals surface area contributed by atoms with Crippen molar-refractivity contribution in [3.8, 4) is 0 Å². The summed E-state index contributed by atoms with van der Waals surface area (Å²) < 4.78 is 16.6. The highest BCUT2D eigenvalue weighted by molar-refractivity contribution is 5.71. The third-order valence-electron chi connectivity index (χ3n) is 9.10. The second kappa shape index (κ2) is 40.4. The first-order valence-electron chi connectivity index (χ1n) is 21.5. The molecule has 0 aromatic heterocycles. The van der Waals surface area contributed by atoms with E-state index in [9.17, 15) is 14.4 Å². The Morgan fingerprint density at radius 3 is 1.22 bits per heavy atom. The van der Waals surface area contributed by atoms with Crippen LogP contribution in [0.2, 0.25) is 0 Å². The van der Waals surface area contributed by atoms with Crippen LogP contribution in [-0.4, -0.2) is 37.2 Å². The zero-order chi connectivity index (χ0) is 37.3. The van der Waals surface area contributed by atoms with Crippen molar-refractivity contribution in [2.24, 2.45) is 0 Å². The van der Waals surface area contributed by atoms with E-state index < -0.39 is 6.10 Å². The van der Waals surface area contributed by atoms with Gasteiger partial charge in [0.05, 0.1) is 0 Å². The van der Waals surface area contributed by atoms with Crippen molar-refractivity contribution in [2.45, 2.75) is 219 Å². The minimum absolute atomic E-state index is 0.0793. The van der Waals surface area contributed by atoms with Crippen molar-refractivity contribution < 1.29 is 28.6 Å². The summed E-state index contributed by atoms with van der Waals surface area (Å²) in [5, 5.41) is 0. The summed E-state index contributed by atoms with van der Waals surface area (Å²) in [5.74, 6) is -0.911. The quantitative estimate of drug-likeness (QED) is 0.0274. The molecule has 1 atom stereocenters. The Labute approximate surface area is 315 Å². The Kier molecular flexibility index (Phi) is 38.5. The van der Waals surface area contributed by atoms with E-state index in [-0.39, 0.29) is 31.1 Å². The van der Waals surface area contributed by atoms with Crippen LogP contribution >= 0.6 is 0 Å². The maximum atomic E-state index is 12.6. The van der Waals surface area contributed by atoms with E-state index in [2.05, 4.69) is 57.2 Å². The molecule has 6 nitrogen and oxygen atoms in total. The number of unbranched alkanes of at least 4 members (excludes halogenated alkanes) is 21. The van der Waals surface area contributed by atoms with Crippen LogP contribution in [0.3, 0.4) is 0 Å². The first-order valence-corrected chi connectivity index (χ1v) is 21.5. The second-order valence-electron chi connectivity index (χ2n) is 14.3. The predicted molar refractivity (Wildman–Crippen MR) is 215 cm³/mol. The van der Waals surface area contributed by atoms with Crippen molar-refractivity contribution in [1.29, 1.82) is 0 Å².